The van der Waals surface area contributed by atoms with Crippen molar-refractivity contribution in [3.05, 3.63) is 35.9 Å². The van der Waals surface area contributed by atoms with E-state index in [9.17, 15) is 9.90 Å². The van der Waals surface area contributed by atoms with Crippen molar-refractivity contribution in [2.45, 2.75) is 25.4 Å². The van der Waals surface area contributed by atoms with Gasteiger partial charge in [0.05, 0.1) is 5.97 Å². The van der Waals surface area contributed by atoms with Crippen LogP contribution in [-0.4, -0.2) is 23.5 Å². The fourth-order valence-corrected chi connectivity index (χ4v) is 2.10. The summed E-state index contributed by atoms with van der Waals surface area (Å²) in [5, 5.41) is 10.8. The van der Waals surface area contributed by atoms with Gasteiger partial charge in [0.15, 0.2) is 0 Å². The predicted molar refractivity (Wildman–Crippen MR) is 54.9 cm³/mol. The molecule has 3 heteroatoms. The van der Waals surface area contributed by atoms with Crippen molar-refractivity contribution in [3.63, 3.8) is 0 Å². The first kappa shape index (κ1) is 10.2. The van der Waals surface area contributed by atoms with Crippen LogP contribution in [0.4, 0.5) is 0 Å². The smallest absolute Gasteiger partial charge is 0.0586 e. The van der Waals surface area contributed by atoms with Gasteiger partial charge >= 0.3 is 0 Å². The molecule has 0 saturated carbocycles. The Hall–Kier alpha value is -1.35. The van der Waals surface area contributed by atoms with Gasteiger partial charge in [-0.1, -0.05) is 30.3 Å². The summed E-state index contributed by atoms with van der Waals surface area (Å²) in [6, 6.07) is 9.54. The molecular weight excluding hydrogens is 190 g/mol. The van der Waals surface area contributed by atoms with Gasteiger partial charge in [-0.15, -0.1) is 0 Å². The van der Waals surface area contributed by atoms with Crippen molar-refractivity contribution in [1.29, 1.82) is 0 Å². The Labute approximate surface area is 89.3 Å². The van der Waals surface area contributed by atoms with E-state index >= 15 is 0 Å². The Morgan fingerprint density at radius 1 is 1.40 bits per heavy atom. The van der Waals surface area contributed by atoms with Crippen LogP contribution in [0.15, 0.2) is 30.3 Å². The highest BCUT2D eigenvalue weighted by molar-refractivity contribution is 5.71. The summed E-state index contributed by atoms with van der Waals surface area (Å²) in [6.07, 6.45) is 1.67. The molecule has 1 heterocycles. The molecule has 1 saturated heterocycles. The van der Waals surface area contributed by atoms with Crippen LogP contribution in [0, 0.1) is 0 Å². The van der Waals surface area contributed by atoms with E-state index in [1.54, 1.807) is 0 Å². The first-order chi connectivity index (χ1) is 7.27. The number of carboxylic acid groups (broad SMARTS) is 1. The summed E-state index contributed by atoms with van der Waals surface area (Å²) in [5.74, 6) is -0.941. The van der Waals surface area contributed by atoms with E-state index in [-0.39, 0.29) is 0 Å². The van der Waals surface area contributed by atoms with Gasteiger partial charge in [0, 0.05) is 12.6 Å². The van der Waals surface area contributed by atoms with Crippen LogP contribution in [0.1, 0.15) is 18.4 Å². The molecule has 15 heavy (non-hydrogen) atoms. The third-order valence-corrected chi connectivity index (χ3v) is 2.86. The Kier molecular flexibility index (Phi) is 3.02. The molecule has 1 aromatic carbocycles. The average molecular weight is 204 g/mol. The Morgan fingerprint density at radius 3 is 2.80 bits per heavy atom. The second kappa shape index (κ2) is 4.45. The van der Waals surface area contributed by atoms with Crippen molar-refractivity contribution in [1.82, 2.24) is 4.90 Å². The van der Waals surface area contributed by atoms with Crippen LogP contribution < -0.4 is 5.11 Å². The van der Waals surface area contributed by atoms with E-state index < -0.39 is 12.0 Å². The average Bonchev–Trinajstić information content (AvgIpc) is 2.67. The second-order valence-corrected chi connectivity index (χ2v) is 3.93. The molecule has 0 amide bonds. The monoisotopic (exact) mass is 204 g/mol. The number of carboxylic acids is 1. The molecule has 1 fully saturated rings. The predicted octanol–water partition coefficient (Wildman–Crippen LogP) is 0.401. The van der Waals surface area contributed by atoms with Gasteiger partial charge < -0.3 is 9.90 Å². The minimum Gasteiger partial charge on any atom is -0.548 e. The molecule has 1 aliphatic rings. The fraction of sp³-hybridized carbons (Fsp3) is 0.417. The molecule has 80 valence electrons. The normalized spacial score (nSPS) is 21.7. The Bertz CT molecular complexity index is 337. The number of benzene rings is 1. The highest BCUT2D eigenvalue weighted by atomic mass is 16.4. The maximum Gasteiger partial charge on any atom is 0.0586 e. The summed E-state index contributed by atoms with van der Waals surface area (Å²) >= 11 is 0. The maximum atomic E-state index is 10.8. The van der Waals surface area contributed by atoms with Crippen LogP contribution >= 0.6 is 0 Å². The molecule has 2 rings (SSSR count). The van der Waals surface area contributed by atoms with E-state index in [4.69, 9.17) is 0 Å². The van der Waals surface area contributed by atoms with E-state index in [2.05, 4.69) is 0 Å². The standard InChI is InChI=1S/C12H15NO2/c14-12(15)11-7-4-8-13(11)9-10-5-2-1-3-6-10/h1-3,5-6,11H,4,7-9H2,(H,14,15)/p-1. The zero-order valence-electron chi connectivity index (χ0n) is 8.56. The summed E-state index contributed by atoms with van der Waals surface area (Å²) in [5.41, 5.74) is 1.16. The van der Waals surface area contributed by atoms with Crippen molar-refractivity contribution < 1.29 is 9.90 Å². The molecule has 1 unspecified atom stereocenters. The lowest BCUT2D eigenvalue weighted by molar-refractivity contribution is -0.311. The van der Waals surface area contributed by atoms with E-state index in [0.29, 0.717) is 6.54 Å². The number of hydrogen-bond acceptors (Lipinski definition) is 3. The molecule has 0 radical (unpaired) electrons. The maximum absolute atomic E-state index is 10.8. The highest BCUT2D eigenvalue weighted by Gasteiger charge is 2.24. The molecule has 0 N–H and O–H groups in total. The fourth-order valence-electron chi connectivity index (χ4n) is 2.10. The first-order valence-electron chi connectivity index (χ1n) is 5.26. The lowest BCUT2D eigenvalue weighted by Gasteiger charge is -2.24. The second-order valence-electron chi connectivity index (χ2n) is 3.93. The van der Waals surface area contributed by atoms with Crippen molar-refractivity contribution >= 4 is 5.97 Å². The van der Waals surface area contributed by atoms with Gasteiger partial charge in [-0.25, -0.2) is 0 Å². The lowest BCUT2D eigenvalue weighted by atomic mass is 10.2. The van der Waals surface area contributed by atoms with Crippen molar-refractivity contribution in [2.24, 2.45) is 0 Å². The van der Waals surface area contributed by atoms with Gasteiger partial charge in [-0.2, -0.15) is 0 Å². The Morgan fingerprint density at radius 2 is 2.13 bits per heavy atom. The summed E-state index contributed by atoms with van der Waals surface area (Å²) in [4.78, 5) is 12.8. The number of carbonyl (C=O) groups excluding carboxylic acids is 1. The molecule has 0 bridgehead atoms. The molecular formula is C12H14NO2-. The quantitative estimate of drug-likeness (QED) is 0.716. The number of nitrogens with zero attached hydrogens (tertiary/aromatic N) is 1. The molecule has 0 spiro atoms. The van der Waals surface area contributed by atoms with Crippen LogP contribution in [0.2, 0.25) is 0 Å². The molecule has 1 aliphatic heterocycles. The number of carbonyl (C=O) groups is 1. The van der Waals surface area contributed by atoms with Crippen LogP contribution in [-0.2, 0) is 11.3 Å². The molecule has 0 aromatic heterocycles. The van der Waals surface area contributed by atoms with Crippen LogP contribution in [0.25, 0.3) is 0 Å². The molecule has 1 atom stereocenters. The van der Waals surface area contributed by atoms with Crippen LogP contribution in [0.3, 0.4) is 0 Å². The van der Waals surface area contributed by atoms with Gasteiger partial charge in [-0.05, 0) is 24.9 Å². The van der Waals surface area contributed by atoms with Crippen LogP contribution in [0.5, 0.6) is 0 Å². The topological polar surface area (TPSA) is 43.4 Å². The highest BCUT2D eigenvalue weighted by Crippen LogP contribution is 2.19. The zero-order valence-corrected chi connectivity index (χ0v) is 8.56. The largest absolute Gasteiger partial charge is 0.548 e. The lowest BCUT2D eigenvalue weighted by Crippen LogP contribution is -2.43. The minimum atomic E-state index is -0.941. The molecule has 1 aromatic rings. The van der Waals surface area contributed by atoms with Crippen molar-refractivity contribution in [2.75, 3.05) is 6.54 Å². The molecule has 0 aliphatic carbocycles. The van der Waals surface area contributed by atoms with E-state index in [0.717, 1.165) is 24.9 Å². The minimum absolute atomic E-state index is 0.398. The zero-order chi connectivity index (χ0) is 10.7. The SMILES string of the molecule is O=C([O-])C1CCCN1Cc1ccccc1. The number of rotatable bonds is 3. The van der Waals surface area contributed by atoms with E-state index in [1.807, 2.05) is 35.2 Å². The third kappa shape index (κ3) is 2.36. The van der Waals surface area contributed by atoms with Gasteiger partial charge in [-0.3, -0.25) is 4.90 Å². The number of likely N-dealkylation sites (tertiary alicyclic amines) is 1. The number of hydrogen-bond donors (Lipinski definition) is 0. The third-order valence-electron chi connectivity index (χ3n) is 2.86. The first-order valence-corrected chi connectivity index (χ1v) is 5.26. The summed E-state index contributed by atoms with van der Waals surface area (Å²) in [6.45, 7) is 1.56. The van der Waals surface area contributed by atoms with Crippen molar-refractivity contribution in [3.8, 4) is 0 Å². The number of aliphatic carboxylic acids is 1. The van der Waals surface area contributed by atoms with E-state index in [1.165, 1.54) is 0 Å². The van der Waals surface area contributed by atoms with Gasteiger partial charge in [0.1, 0.15) is 0 Å². The summed E-state index contributed by atoms with van der Waals surface area (Å²) in [7, 11) is 0. The Balaban J connectivity index is 2.03. The summed E-state index contributed by atoms with van der Waals surface area (Å²) < 4.78 is 0. The molecule has 3 nitrogen and oxygen atoms in total. The van der Waals surface area contributed by atoms with Gasteiger partial charge in [0.25, 0.3) is 0 Å². The van der Waals surface area contributed by atoms with Gasteiger partial charge in [0.2, 0.25) is 0 Å².